The minimum atomic E-state index is -0.474. The lowest BCUT2D eigenvalue weighted by molar-refractivity contribution is -0.184. The van der Waals surface area contributed by atoms with E-state index < -0.39 is 6.10 Å². The molecule has 28 heavy (non-hydrogen) atoms. The lowest BCUT2D eigenvalue weighted by atomic mass is 9.86. The number of amides is 2. The first kappa shape index (κ1) is 20.7. The Balaban J connectivity index is 1.65. The van der Waals surface area contributed by atoms with E-state index in [1.807, 2.05) is 21.9 Å². The lowest BCUT2D eigenvalue weighted by Crippen LogP contribution is -2.65. The minimum Gasteiger partial charge on any atom is -0.382 e. The Labute approximate surface area is 167 Å². The van der Waals surface area contributed by atoms with Crippen molar-refractivity contribution in [1.29, 1.82) is 0 Å². The first-order valence-corrected chi connectivity index (χ1v) is 10.1. The van der Waals surface area contributed by atoms with Crippen LogP contribution in [0.15, 0.2) is 24.5 Å². The van der Waals surface area contributed by atoms with Crippen molar-refractivity contribution in [2.75, 3.05) is 33.4 Å². The van der Waals surface area contributed by atoms with E-state index in [0.717, 1.165) is 18.4 Å². The molecular formula is C21H31N3O4. The zero-order chi connectivity index (χ0) is 20.1. The molecule has 0 unspecified atom stereocenters. The molecule has 0 radical (unpaired) electrons. The highest BCUT2D eigenvalue weighted by Gasteiger charge is 2.52. The highest BCUT2D eigenvalue weighted by atomic mass is 16.5. The third-order valence-electron chi connectivity index (χ3n) is 5.51. The molecule has 1 aromatic rings. The monoisotopic (exact) mass is 389 g/mol. The van der Waals surface area contributed by atoms with Crippen LogP contribution in [0.4, 0.5) is 0 Å². The van der Waals surface area contributed by atoms with Gasteiger partial charge in [0.05, 0.1) is 19.3 Å². The average molecular weight is 389 g/mol. The number of β-lactam (4-membered cyclic amide) rings is 1. The van der Waals surface area contributed by atoms with E-state index in [1.54, 1.807) is 19.5 Å². The number of rotatable bonds is 8. The van der Waals surface area contributed by atoms with Gasteiger partial charge in [0.25, 0.3) is 5.91 Å². The van der Waals surface area contributed by atoms with E-state index >= 15 is 0 Å². The molecular weight excluding hydrogens is 358 g/mol. The number of methoxy groups -OCH3 is 1. The molecule has 3 rings (SSSR count). The Kier molecular flexibility index (Phi) is 7.02. The second kappa shape index (κ2) is 9.47. The van der Waals surface area contributed by atoms with Gasteiger partial charge in [-0.15, -0.1) is 0 Å². The SMILES string of the molecule is COCCO[C@H]1C(=O)N(C2CCN(C(=O)CC(C)C)CC2)[C@H]1c1ccncc1. The summed E-state index contributed by atoms with van der Waals surface area (Å²) in [6.45, 7) is 6.39. The van der Waals surface area contributed by atoms with Crippen LogP contribution < -0.4 is 0 Å². The van der Waals surface area contributed by atoms with Crippen LogP contribution in [-0.4, -0.2) is 72.2 Å². The van der Waals surface area contributed by atoms with Gasteiger partial charge < -0.3 is 19.3 Å². The Morgan fingerprint density at radius 1 is 1.21 bits per heavy atom. The third kappa shape index (κ3) is 4.52. The smallest absolute Gasteiger partial charge is 0.255 e. The molecule has 2 fully saturated rings. The molecule has 0 spiro atoms. The number of carbonyl (C=O) groups excluding carboxylic acids is 2. The van der Waals surface area contributed by atoms with Crippen LogP contribution >= 0.6 is 0 Å². The number of hydrogen-bond donors (Lipinski definition) is 0. The summed E-state index contributed by atoms with van der Waals surface area (Å²) in [7, 11) is 1.62. The van der Waals surface area contributed by atoms with E-state index in [4.69, 9.17) is 9.47 Å². The third-order valence-corrected chi connectivity index (χ3v) is 5.51. The van der Waals surface area contributed by atoms with Gasteiger partial charge in [-0.2, -0.15) is 0 Å². The molecule has 0 bridgehead atoms. The molecule has 0 saturated carbocycles. The van der Waals surface area contributed by atoms with Gasteiger partial charge >= 0.3 is 0 Å². The van der Waals surface area contributed by atoms with E-state index in [1.165, 1.54) is 0 Å². The molecule has 7 heteroatoms. The van der Waals surface area contributed by atoms with Crippen LogP contribution in [0.5, 0.6) is 0 Å². The predicted molar refractivity (Wildman–Crippen MR) is 104 cm³/mol. The molecule has 0 aliphatic carbocycles. The summed E-state index contributed by atoms with van der Waals surface area (Å²) < 4.78 is 10.9. The van der Waals surface area contributed by atoms with Gasteiger partial charge in [-0.3, -0.25) is 14.6 Å². The Hall–Kier alpha value is -1.99. The molecule has 154 valence electrons. The Morgan fingerprint density at radius 3 is 2.50 bits per heavy atom. The summed E-state index contributed by atoms with van der Waals surface area (Å²) in [5, 5.41) is 0. The molecule has 7 nitrogen and oxygen atoms in total. The predicted octanol–water partition coefficient (Wildman–Crippen LogP) is 2.03. The summed E-state index contributed by atoms with van der Waals surface area (Å²) in [5.74, 6) is 0.614. The lowest BCUT2D eigenvalue weighted by Gasteiger charge is -2.52. The zero-order valence-electron chi connectivity index (χ0n) is 17.0. The van der Waals surface area contributed by atoms with Crippen molar-refractivity contribution in [2.45, 2.75) is 51.3 Å². The van der Waals surface area contributed by atoms with Crippen LogP contribution in [0.1, 0.15) is 44.7 Å². The number of likely N-dealkylation sites (tertiary alicyclic amines) is 2. The molecule has 2 aliphatic heterocycles. The Morgan fingerprint density at radius 2 is 1.89 bits per heavy atom. The molecule has 0 aromatic carbocycles. The summed E-state index contributed by atoms with van der Waals surface area (Å²) in [5.41, 5.74) is 1.04. The van der Waals surface area contributed by atoms with Gasteiger partial charge in [-0.25, -0.2) is 0 Å². The van der Waals surface area contributed by atoms with E-state index in [-0.39, 0.29) is 23.9 Å². The van der Waals surface area contributed by atoms with Crippen molar-refractivity contribution in [3.63, 3.8) is 0 Å². The van der Waals surface area contributed by atoms with Gasteiger partial charge in [-0.1, -0.05) is 13.8 Å². The van der Waals surface area contributed by atoms with Gasteiger partial charge in [0, 0.05) is 45.1 Å². The highest BCUT2D eigenvalue weighted by Crippen LogP contribution is 2.40. The van der Waals surface area contributed by atoms with Crippen LogP contribution in [0.25, 0.3) is 0 Å². The first-order chi connectivity index (χ1) is 13.5. The second-order valence-electron chi connectivity index (χ2n) is 7.97. The first-order valence-electron chi connectivity index (χ1n) is 10.1. The van der Waals surface area contributed by atoms with Gasteiger partial charge in [0.2, 0.25) is 5.91 Å². The maximum atomic E-state index is 12.9. The average Bonchev–Trinajstić information content (AvgIpc) is 2.69. The molecule has 3 heterocycles. The Bertz CT molecular complexity index is 659. The maximum absolute atomic E-state index is 12.9. The van der Waals surface area contributed by atoms with Crippen molar-refractivity contribution < 1.29 is 19.1 Å². The van der Waals surface area contributed by atoms with Crippen molar-refractivity contribution in [2.24, 2.45) is 5.92 Å². The topological polar surface area (TPSA) is 72.0 Å². The summed E-state index contributed by atoms with van der Waals surface area (Å²) in [4.78, 5) is 33.2. The molecule has 2 amide bonds. The normalized spacial score (nSPS) is 23.2. The van der Waals surface area contributed by atoms with E-state index in [0.29, 0.717) is 38.6 Å². The summed E-state index contributed by atoms with van der Waals surface area (Å²) in [6.07, 6.45) is 5.22. The number of aromatic nitrogens is 1. The summed E-state index contributed by atoms with van der Waals surface area (Å²) >= 11 is 0. The van der Waals surface area contributed by atoms with Crippen LogP contribution in [0, 0.1) is 5.92 Å². The zero-order valence-corrected chi connectivity index (χ0v) is 17.0. The minimum absolute atomic E-state index is 0.0323. The van der Waals surface area contributed by atoms with Gasteiger partial charge in [0.15, 0.2) is 6.10 Å². The largest absolute Gasteiger partial charge is 0.382 e. The summed E-state index contributed by atoms with van der Waals surface area (Å²) in [6, 6.07) is 3.92. The fourth-order valence-electron chi connectivity index (χ4n) is 4.08. The number of pyridine rings is 1. The number of nitrogens with zero attached hydrogens (tertiary/aromatic N) is 3. The highest BCUT2D eigenvalue weighted by molar-refractivity contribution is 5.89. The molecule has 2 atom stereocenters. The standard InChI is InChI=1S/C21H31N3O4/c1-15(2)14-18(25)23-10-6-17(7-11-23)24-19(16-4-8-22-9-5-16)20(21(24)26)28-13-12-27-3/h4-5,8-9,15,17,19-20H,6-7,10-14H2,1-3H3/t19-,20+/m0/s1. The fourth-order valence-corrected chi connectivity index (χ4v) is 4.08. The van der Waals surface area contributed by atoms with Crippen molar-refractivity contribution in [1.82, 2.24) is 14.8 Å². The molecule has 2 aliphatic rings. The number of hydrogen-bond acceptors (Lipinski definition) is 5. The van der Waals surface area contributed by atoms with Crippen molar-refractivity contribution in [3.05, 3.63) is 30.1 Å². The van der Waals surface area contributed by atoms with Crippen LogP contribution in [0.3, 0.4) is 0 Å². The second-order valence-corrected chi connectivity index (χ2v) is 7.97. The van der Waals surface area contributed by atoms with Crippen molar-refractivity contribution >= 4 is 11.8 Å². The van der Waals surface area contributed by atoms with Crippen LogP contribution in [0.2, 0.25) is 0 Å². The van der Waals surface area contributed by atoms with E-state index in [9.17, 15) is 9.59 Å². The molecule has 1 aromatic heterocycles. The van der Waals surface area contributed by atoms with E-state index in [2.05, 4.69) is 18.8 Å². The number of carbonyl (C=O) groups is 2. The van der Waals surface area contributed by atoms with Crippen LogP contribution in [-0.2, 0) is 19.1 Å². The fraction of sp³-hybridized carbons (Fsp3) is 0.667. The van der Waals surface area contributed by atoms with Gasteiger partial charge in [-0.05, 0) is 36.5 Å². The quantitative estimate of drug-likeness (QED) is 0.503. The number of ether oxygens (including phenoxy) is 2. The maximum Gasteiger partial charge on any atom is 0.255 e. The molecule has 0 N–H and O–H groups in total. The van der Waals surface area contributed by atoms with Gasteiger partial charge in [0.1, 0.15) is 0 Å². The molecule has 2 saturated heterocycles. The van der Waals surface area contributed by atoms with Crippen molar-refractivity contribution in [3.8, 4) is 0 Å². The number of piperidine rings is 1.